The maximum atomic E-state index is 12.6. The molecule has 3 N–H and O–H groups in total. The van der Waals surface area contributed by atoms with Gasteiger partial charge in [0.25, 0.3) is 0 Å². The van der Waals surface area contributed by atoms with Crippen molar-refractivity contribution in [3.05, 3.63) is 35.9 Å². The number of likely N-dealkylation sites (tertiary alicyclic amines) is 1. The summed E-state index contributed by atoms with van der Waals surface area (Å²) in [6.07, 6.45) is 3.64. The first-order valence-electron chi connectivity index (χ1n) is 9.85. The van der Waals surface area contributed by atoms with E-state index in [1.807, 2.05) is 6.07 Å². The number of nitrogens with two attached hydrogens (primary N) is 1. The van der Waals surface area contributed by atoms with Crippen LogP contribution in [-0.2, 0) is 4.79 Å². The molecule has 1 aromatic rings. The van der Waals surface area contributed by atoms with Crippen LogP contribution in [0.1, 0.15) is 44.6 Å². The van der Waals surface area contributed by atoms with Crippen molar-refractivity contribution < 1.29 is 4.79 Å². The predicted octanol–water partition coefficient (Wildman–Crippen LogP) is 2.60. The molecule has 0 spiro atoms. The van der Waals surface area contributed by atoms with Gasteiger partial charge in [-0.2, -0.15) is 0 Å². The van der Waals surface area contributed by atoms with Crippen LogP contribution in [-0.4, -0.2) is 43.0 Å². The molecule has 1 aliphatic heterocycles. The lowest BCUT2D eigenvalue weighted by atomic mass is 9.78. The van der Waals surface area contributed by atoms with Crippen molar-refractivity contribution in [2.45, 2.75) is 45.1 Å². The zero-order valence-corrected chi connectivity index (χ0v) is 15.7. The molecule has 0 aromatic heterocycles. The summed E-state index contributed by atoms with van der Waals surface area (Å²) in [4.78, 5) is 14.9. The Bertz CT molecular complexity index is 562. The highest BCUT2D eigenvalue weighted by Crippen LogP contribution is 2.32. The third-order valence-corrected chi connectivity index (χ3v) is 6.47. The van der Waals surface area contributed by atoms with Crippen molar-refractivity contribution in [2.75, 3.05) is 26.2 Å². The second-order valence-corrected chi connectivity index (χ2v) is 8.15. The quantitative estimate of drug-likeness (QED) is 0.864. The Hall–Kier alpha value is -1.39. The molecule has 1 amide bonds. The van der Waals surface area contributed by atoms with Gasteiger partial charge in [-0.25, -0.2) is 0 Å². The molecule has 5 atom stereocenters. The molecule has 2 aliphatic rings. The standard InChI is InChI=1S/C21H33N3O/c1-15-7-6-10-20(16(15)2)23-21(25)14-24-12-18(11-22)19(13-24)17-8-4-3-5-9-17/h3-5,8-9,15-16,18-20H,6-7,10-14,22H2,1-2H3,(H,23,25)/t15?,16?,18-,19+,20?/m1/s1. The molecule has 1 heterocycles. The van der Waals surface area contributed by atoms with E-state index in [0.29, 0.717) is 42.8 Å². The van der Waals surface area contributed by atoms with E-state index in [1.165, 1.54) is 18.4 Å². The van der Waals surface area contributed by atoms with Gasteiger partial charge in [0, 0.05) is 25.0 Å². The summed E-state index contributed by atoms with van der Waals surface area (Å²) in [6, 6.07) is 10.9. The van der Waals surface area contributed by atoms with E-state index in [0.717, 1.165) is 19.5 Å². The summed E-state index contributed by atoms with van der Waals surface area (Å²) in [6.45, 7) is 7.60. The van der Waals surface area contributed by atoms with Gasteiger partial charge in [0.15, 0.2) is 0 Å². The largest absolute Gasteiger partial charge is 0.352 e. The van der Waals surface area contributed by atoms with Gasteiger partial charge < -0.3 is 11.1 Å². The zero-order chi connectivity index (χ0) is 17.8. The van der Waals surface area contributed by atoms with Gasteiger partial charge in [-0.3, -0.25) is 9.69 Å². The minimum Gasteiger partial charge on any atom is -0.352 e. The summed E-state index contributed by atoms with van der Waals surface area (Å²) < 4.78 is 0. The minimum absolute atomic E-state index is 0.176. The molecule has 1 saturated heterocycles. The van der Waals surface area contributed by atoms with Gasteiger partial charge in [-0.1, -0.05) is 57.0 Å². The number of nitrogens with one attached hydrogen (secondary N) is 1. The summed E-state index contributed by atoms with van der Waals surface area (Å²) in [5, 5.41) is 3.30. The Kier molecular flexibility index (Phi) is 6.13. The van der Waals surface area contributed by atoms with Crippen molar-refractivity contribution in [2.24, 2.45) is 23.5 Å². The van der Waals surface area contributed by atoms with Gasteiger partial charge in [0.05, 0.1) is 6.54 Å². The molecule has 2 fully saturated rings. The SMILES string of the molecule is CC1CCCC(NC(=O)CN2C[C@@H](CN)[C@H](c3ccccc3)C2)C1C. The lowest BCUT2D eigenvalue weighted by Gasteiger charge is -2.35. The second-order valence-electron chi connectivity index (χ2n) is 8.15. The maximum absolute atomic E-state index is 12.6. The average Bonchev–Trinajstić information content (AvgIpc) is 3.02. The first-order chi connectivity index (χ1) is 12.1. The molecule has 0 bridgehead atoms. The highest BCUT2D eigenvalue weighted by atomic mass is 16.2. The maximum Gasteiger partial charge on any atom is 0.234 e. The fourth-order valence-corrected chi connectivity index (χ4v) is 4.65. The highest BCUT2D eigenvalue weighted by Gasteiger charge is 2.34. The first kappa shape index (κ1) is 18.4. The van der Waals surface area contributed by atoms with Gasteiger partial charge in [-0.05, 0) is 36.3 Å². The summed E-state index contributed by atoms with van der Waals surface area (Å²) in [5.74, 6) is 2.33. The predicted molar refractivity (Wildman–Crippen MR) is 102 cm³/mol. The number of carbonyl (C=O) groups is 1. The first-order valence-corrected chi connectivity index (χ1v) is 9.85. The second kappa shape index (κ2) is 8.33. The molecule has 3 rings (SSSR count). The molecule has 25 heavy (non-hydrogen) atoms. The summed E-state index contributed by atoms with van der Waals surface area (Å²) in [5.41, 5.74) is 7.35. The number of amides is 1. The van der Waals surface area contributed by atoms with Gasteiger partial charge in [-0.15, -0.1) is 0 Å². The van der Waals surface area contributed by atoms with Crippen molar-refractivity contribution in [1.29, 1.82) is 0 Å². The fraction of sp³-hybridized carbons (Fsp3) is 0.667. The normalized spacial score (nSPS) is 33.3. The van der Waals surface area contributed by atoms with Crippen LogP contribution in [0.2, 0.25) is 0 Å². The Labute approximate surface area is 152 Å². The van der Waals surface area contributed by atoms with Crippen molar-refractivity contribution in [3.63, 3.8) is 0 Å². The molecule has 4 nitrogen and oxygen atoms in total. The minimum atomic E-state index is 0.176. The third-order valence-electron chi connectivity index (χ3n) is 6.47. The number of rotatable bonds is 5. The Morgan fingerprint density at radius 3 is 2.68 bits per heavy atom. The number of hydrogen-bond donors (Lipinski definition) is 2. The third kappa shape index (κ3) is 4.42. The van der Waals surface area contributed by atoms with E-state index >= 15 is 0 Å². The van der Waals surface area contributed by atoms with Gasteiger partial charge >= 0.3 is 0 Å². The number of benzene rings is 1. The van der Waals surface area contributed by atoms with Crippen LogP contribution in [0.5, 0.6) is 0 Å². The Balaban J connectivity index is 1.55. The molecule has 138 valence electrons. The van der Waals surface area contributed by atoms with E-state index in [-0.39, 0.29) is 5.91 Å². The lowest BCUT2D eigenvalue weighted by molar-refractivity contribution is -0.123. The number of carbonyl (C=O) groups excluding carboxylic acids is 1. The van der Waals surface area contributed by atoms with Crippen molar-refractivity contribution in [3.8, 4) is 0 Å². The van der Waals surface area contributed by atoms with Crippen LogP contribution < -0.4 is 11.1 Å². The van der Waals surface area contributed by atoms with Crippen LogP contribution in [0.25, 0.3) is 0 Å². The molecular weight excluding hydrogens is 310 g/mol. The van der Waals surface area contributed by atoms with E-state index in [1.54, 1.807) is 0 Å². The van der Waals surface area contributed by atoms with Crippen LogP contribution in [0, 0.1) is 17.8 Å². The summed E-state index contributed by atoms with van der Waals surface area (Å²) >= 11 is 0. The topological polar surface area (TPSA) is 58.4 Å². The molecule has 1 aliphatic carbocycles. The van der Waals surface area contributed by atoms with E-state index in [9.17, 15) is 4.79 Å². The van der Waals surface area contributed by atoms with Crippen molar-refractivity contribution in [1.82, 2.24) is 10.2 Å². The Morgan fingerprint density at radius 1 is 1.20 bits per heavy atom. The Morgan fingerprint density at radius 2 is 1.96 bits per heavy atom. The van der Waals surface area contributed by atoms with E-state index < -0.39 is 0 Å². The lowest BCUT2D eigenvalue weighted by Crippen LogP contribution is -2.47. The molecular formula is C21H33N3O. The monoisotopic (exact) mass is 343 g/mol. The smallest absolute Gasteiger partial charge is 0.234 e. The van der Waals surface area contributed by atoms with E-state index in [2.05, 4.69) is 48.3 Å². The number of hydrogen-bond acceptors (Lipinski definition) is 3. The highest BCUT2D eigenvalue weighted by molar-refractivity contribution is 5.78. The molecule has 1 aromatic carbocycles. The number of nitrogens with zero attached hydrogens (tertiary/aromatic N) is 1. The molecule has 3 unspecified atom stereocenters. The van der Waals surface area contributed by atoms with Gasteiger partial charge in [0.1, 0.15) is 0 Å². The molecule has 4 heteroatoms. The van der Waals surface area contributed by atoms with Crippen LogP contribution in [0.3, 0.4) is 0 Å². The van der Waals surface area contributed by atoms with Crippen molar-refractivity contribution >= 4 is 5.91 Å². The van der Waals surface area contributed by atoms with E-state index in [4.69, 9.17) is 5.73 Å². The van der Waals surface area contributed by atoms with Gasteiger partial charge in [0.2, 0.25) is 5.91 Å². The fourth-order valence-electron chi connectivity index (χ4n) is 4.65. The van der Waals surface area contributed by atoms with Crippen LogP contribution in [0.4, 0.5) is 0 Å². The van der Waals surface area contributed by atoms with Crippen LogP contribution in [0.15, 0.2) is 30.3 Å². The molecule has 0 radical (unpaired) electrons. The molecule has 1 saturated carbocycles. The zero-order valence-electron chi connectivity index (χ0n) is 15.7. The van der Waals surface area contributed by atoms with Crippen LogP contribution >= 0.6 is 0 Å². The average molecular weight is 344 g/mol. The summed E-state index contributed by atoms with van der Waals surface area (Å²) in [7, 11) is 0.